The molecule has 1 saturated carbocycles. The Kier molecular flexibility index (Phi) is 2.64. The zero-order chi connectivity index (χ0) is 9.31. The van der Waals surface area contributed by atoms with Crippen molar-refractivity contribution < 1.29 is 0 Å². The summed E-state index contributed by atoms with van der Waals surface area (Å²) >= 11 is 0. The largest absolute Gasteiger partial charge is 0.300 e. The molecule has 1 nitrogen and oxygen atoms in total. The Labute approximate surface area is 82.5 Å². The van der Waals surface area contributed by atoms with Crippen molar-refractivity contribution in [3.05, 3.63) is 0 Å². The molecule has 0 spiro atoms. The highest BCUT2D eigenvalue weighted by Crippen LogP contribution is 2.33. The molecule has 1 aliphatic carbocycles. The smallest absolute Gasteiger partial charge is 0.00952 e. The molecule has 1 heteroatoms. The summed E-state index contributed by atoms with van der Waals surface area (Å²) in [6.07, 6.45) is 8.68. The number of hydrogen-bond donors (Lipinski definition) is 0. The fraction of sp³-hybridized carbons (Fsp3) is 1.00. The average molecular weight is 181 g/mol. The summed E-state index contributed by atoms with van der Waals surface area (Å²) in [5.74, 6) is 0. The third-order valence-corrected chi connectivity index (χ3v) is 3.97. The van der Waals surface area contributed by atoms with Crippen molar-refractivity contribution in [2.24, 2.45) is 5.41 Å². The first-order chi connectivity index (χ1) is 6.17. The van der Waals surface area contributed by atoms with E-state index in [0.717, 1.165) is 6.04 Å². The van der Waals surface area contributed by atoms with Gasteiger partial charge in [0.05, 0.1) is 0 Å². The van der Waals surface area contributed by atoms with Crippen LogP contribution in [0.25, 0.3) is 0 Å². The molecule has 13 heavy (non-hydrogen) atoms. The van der Waals surface area contributed by atoms with Crippen LogP contribution in [-0.2, 0) is 0 Å². The number of likely N-dealkylation sites (tertiary alicyclic amines) is 1. The molecule has 1 heterocycles. The SMILES string of the molecule is CC1(C)CCCN(C2CCC2)CC1. The standard InChI is InChI=1S/C12H23N/c1-12(2)7-4-9-13(10-8-12)11-5-3-6-11/h11H,3-10H2,1-2H3. The molecule has 0 amide bonds. The van der Waals surface area contributed by atoms with Crippen molar-refractivity contribution in [1.82, 2.24) is 4.90 Å². The summed E-state index contributed by atoms with van der Waals surface area (Å²) in [6, 6.07) is 0.967. The minimum Gasteiger partial charge on any atom is -0.300 e. The van der Waals surface area contributed by atoms with Gasteiger partial charge in [-0.05, 0) is 50.6 Å². The van der Waals surface area contributed by atoms with E-state index >= 15 is 0 Å². The van der Waals surface area contributed by atoms with Crippen molar-refractivity contribution in [3.63, 3.8) is 0 Å². The van der Waals surface area contributed by atoms with Gasteiger partial charge in [0.2, 0.25) is 0 Å². The second kappa shape index (κ2) is 3.61. The van der Waals surface area contributed by atoms with E-state index in [2.05, 4.69) is 18.7 Å². The molecule has 0 aromatic carbocycles. The van der Waals surface area contributed by atoms with Crippen molar-refractivity contribution >= 4 is 0 Å². The Bertz CT molecular complexity index is 170. The molecule has 0 aromatic heterocycles. The number of nitrogens with zero attached hydrogens (tertiary/aromatic N) is 1. The predicted octanol–water partition coefficient (Wildman–Crippen LogP) is 3.05. The zero-order valence-electron chi connectivity index (χ0n) is 9.18. The molecule has 0 radical (unpaired) electrons. The van der Waals surface area contributed by atoms with Crippen LogP contribution in [-0.4, -0.2) is 24.0 Å². The molecular formula is C12H23N. The van der Waals surface area contributed by atoms with E-state index in [9.17, 15) is 0 Å². The Morgan fingerprint density at radius 2 is 1.77 bits per heavy atom. The van der Waals surface area contributed by atoms with Crippen molar-refractivity contribution in [2.45, 2.75) is 58.4 Å². The minimum atomic E-state index is 0.610. The van der Waals surface area contributed by atoms with E-state index in [1.54, 1.807) is 0 Å². The lowest BCUT2D eigenvalue weighted by atomic mass is 9.85. The fourth-order valence-electron chi connectivity index (χ4n) is 2.56. The molecular weight excluding hydrogens is 158 g/mol. The molecule has 0 bridgehead atoms. The van der Waals surface area contributed by atoms with Gasteiger partial charge in [-0.25, -0.2) is 0 Å². The first-order valence-corrected chi connectivity index (χ1v) is 5.91. The van der Waals surface area contributed by atoms with Gasteiger partial charge in [0.15, 0.2) is 0 Å². The summed E-state index contributed by atoms with van der Waals surface area (Å²) in [5.41, 5.74) is 0.610. The van der Waals surface area contributed by atoms with Crippen molar-refractivity contribution in [3.8, 4) is 0 Å². The van der Waals surface area contributed by atoms with E-state index in [-0.39, 0.29) is 0 Å². The van der Waals surface area contributed by atoms with Crippen LogP contribution in [0.5, 0.6) is 0 Å². The van der Waals surface area contributed by atoms with Gasteiger partial charge in [-0.1, -0.05) is 20.3 Å². The van der Waals surface area contributed by atoms with Gasteiger partial charge < -0.3 is 4.90 Å². The van der Waals surface area contributed by atoms with E-state index < -0.39 is 0 Å². The predicted molar refractivity (Wildman–Crippen MR) is 56.8 cm³/mol. The minimum absolute atomic E-state index is 0.610. The Morgan fingerprint density at radius 3 is 2.38 bits per heavy atom. The lowest BCUT2D eigenvalue weighted by molar-refractivity contribution is 0.128. The van der Waals surface area contributed by atoms with E-state index in [1.165, 1.54) is 51.6 Å². The quantitative estimate of drug-likeness (QED) is 0.601. The maximum Gasteiger partial charge on any atom is 0.00952 e. The van der Waals surface area contributed by atoms with Crippen LogP contribution in [0.2, 0.25) is 0 Å². The molecule has 2 rings (SSSR count). The van der Waals surface area contributed by atoms with Crippen LogP contribution < -0.4 is 0 Å². The topological polar surface area (TPSA) is 3.24 Å². The Balaban J connectivity index is 1.86. The molecule has 0 N–H and O–H groups in total. The Morgan fingerprint density at radius 1 is 1.00 bits per heavy atom. The van der Waals surface area contributed by atoms with Gasteiger partial charge >= 0.3 is 0 Å². The molecule has 0 aromatic rings. The van der Waals surface area contributed by atoms with Crippen LogP contribution in [0.15, 0.2) is 0 Å². The molecule has 0 atom stereocenters. The summed E-state index contributed by atoms with van der Waals surface area (Å²) in [5, 5.41) is 0. The summed E-state index contributed by atoms with van der Waals surface area (Å²) in [7, 11) is 0. The van der Waals surface area contributed by atoms with Gasteiger partial charge in [0, 0.05) is 6.04 Å². The molecule has 76 valence electrons. The maximum absolute atomic E-state index is 2.75. The van der Waals surface area contributed by atoms with E-state index in [0.29, 0.717) is 5.41 Å². The fourth-order valence-corrected chi connectivity index (χ4v) is 2.56. The highest BCUT2D eigenvalue weighted by atomic mass is 15.2. The lowest BCUT2D eigenvalue weighted by Gasteiger charge is -2.37. The number of hydrogen-bond acceptors (Lipinski definition) is 1. The first kappa shape index (κ1) is 9.51. The molecule has 1 saturated heterocycles. The lowest BCUT2D eigenvalue weighted by Crippen LogP contribution is -2.40. The highest BCUT2D eigenvalue weighted by molar-refractivity contribution is 4.84. The van der Waals surface area contributed by atoms with Crippen LogP contribution in [0.1, 0.15) is 52.4 Å². The summed E-state index contributed by atoms with van der Waals surface area (Å²) in [6.45, 7) is 7.58. The van der Waals surface area contributed by atoms with Crippen LogP contribution in [0.4, 0.5) is 0 Å². The highest BCUT2D eigenvalue weighted by Gasteiger charge is 2.29. The molecule has 2 aliphatic rings. The van der Waals surface area contributed by atoms with E-state index in [4.69, 9.17) is 0 Å². The number of rotatable bonds is 1. The monoisotopic (exact) mass is 181 g/mol. The van der Waals surface area contributed by atoms with Gasteiger partial charge in [-0.15, -0.1) is 0 Å². The van der Waals surface area contributed by atoms with Crippen molar-refractivity contribution in [1.29, 1.82) is 0 Å². The van der Waals surface area contributed by atoms with Gasteiger partial charge in [-0.3, -0.25) is 0 Å². The maximum atomic E-state index is 2.75. The van der Waals surface area contributed by atoms with Crippen LogP contribution in [0.3, 0.4) is 0 Å². The zero-order valence-corrected chi connectivity index (χ0v) is 9.18. The van der Waals surface area contributed by atoms with Gasteiger partial charge in [-0.2, -0.15) is 0 Å². The van der Waals surface area contributed by atoms with Crippen LogP contribution in [0, 0.1) is 5.41 Å². The normalized spacial score (nSPS) is 30.9. The van der Waals surface area contributed by atoms with Crippen LogP contribution >= 0.6 is 0 Å². The second-order valence-corrected chi connectivity index (χ2v) is 5.64. The van der Waals surface area contributed by atoms with Gasteiger partial charge in [0.25, 0.3) is 0 Å². The molecule has 1 aliphatic heterocycles. The second-order valence-electron chi connectivity index (χ2n) is 5.64. The Hall–Kier alpha value is -0.0400. The average Bonchev–Trinajstić information content (AvgIpc) is 2.09. The first-order valence-electron chi connectivity index (χ1n) is 5.91. The third kappa shape index (κ3) is 2.25. The van der Waals surface area contributed by atoms with E-state index in [1.807, 2.05) is 0 Å². The summed E-state index contributed by atoms with van der Waals surface area (Å²) < 4.78 is 0. The third-order valence-electron chi connectivity index (χ3n) is 3.97. The molecule has 0 unspecified atom stereocenters. The summed E-state index contributed by atoms with van der Waals surface area (Å²) in [4.78, 5) is 2.75. The van der Waals surface area contributed by atoms with Gasteiger partial charge in [0.1, 0.15) is 0 Å². The van der Waals surface area contributed by atoms with Crippen molar-refractivity contribution in [2.75, 3.05) is 13.1 Å². The molecule has 2 fully saturated rings.